The molecule has 0 saturated heterocycles. The van der Waals surface area contributed by atoms with Crippen molar-refractivity contribution >= 4 is 11.9 Å². The second kappa shape index (κ2) is 41.5. The first kappa shape index (κ1) is 52.9. The summed E-state index contributed by atoms with van der Waals surface area (Å²) in [6.45, 7) is 12.5. The van der Waals surface area contributed by atoms with Gasteiger partial charge in [0.1, 0.15) is 19.0 Å². The molecule has 0 spiro atoms. The van der Waals surface area contributed by atoms with Crippen LogP contribution in [0.4, 0.5) is 0 Å². The van der Waals surface area contributed by atoms with Gasteiger partial charge in [0, 0.05) is 43.4 Å². The first-order valence-electron chi connectivity index (χ1n) is 23.5. The lowest BCUT2D eigenvalue weighted by Gasteiger charge is -2.14. The summed E-state index contributed by atoms with van der Waals surface area (Å²) in [5.74, 6) is -0.559. The van der Waals surface area contributed by atoms with E-state index in [4.69, 9.17) is 14.2 Å². The number of nitrogens with zero attached hydrogens (tertiary/aromatic N) is 1. The van der Waals surface area contributed by atoms with Gasteiger partial charge in [-0.1, -0.05) is 195 Å². The largest absolute Gasteiger partial charge is 0.506 e. The number of esters is 2. The van der Waals surface area contributed by atoms with Crippen molar-refractivity contribution in [2.24, 2.45) is 0 Å². The third kappa shape index (κ3) is 34.8. The van der Waals surface area contributed by atoms with E-state index in [-0.39, 0.29) is 30.9 Å². The van der Waals surface area contributed by atoms with Crippen molar-refractivity contribution in [3.63, 3.8) is 0 Å². The molecule has 7 nitrogen and oxygen atoms in total. The molecule has 0 aliphatic heterocycles. The average Bonchev–Trinajstić information content (AvgIpc) is 3.18. The lowest BCUT2D eigenvalue weighted by atomic mass is 10.1. The maximum absolute atomic E-state index is 12.0. The SMILES string of the molecule is CCCCCCCC(=O)OCc1cnc(C)c(O)c1COC(=O)CCCCCCC.CCCCCCCCCCCCCCOCCCCCCCCCC. The van der Waals surface area contributed by atoms with E-state index < -0.39 is 0 Å². The van der Waals surface area contributed by atoms with Gasteiger partial charge < -0.3 is 19.3 Å². The van der Waals surface area contributed by atoms with Gasteiger partial charge in [-0.05, 0) is 32.6 Å². The maximum atomic E-state index is 12.0. The number of aromatic hydroxyl groups is 1. The molecule has 1 rings (SSSR count). The molecule has 0 aliphatic carbocycles. The number of rotatable bonds is 38. The molecule has 1 aromatic rings. The van der Waals surface area contributed by atoms with Crippen molar-refractivity contribution in [3.8, 4) is 5.75 Å². The Morgan fingerprint density at radius 1 is 0.491 bits per heavy atom. The molecule has 0 saturated carbocycles. The zero-order valence-corrected chi connectivity index (χ0v) is 37.0. The molecule has 0 aliphatic rings. The summed E-state index contributed by atoms with van der Waals surface area (Å²) in [6, 6.07) is 0. The molecule has 0 amide bonds. The number of ether oxygens (including phenoxy) is 3. The van der Waals surface area contributed by atoms with Crippen LogP contribution in [0.3, 0.4) is 0 Å². The number of carbonyl (C=O) groups is 2. The monoisotopic (exact) mass is 776 g/mol. The Kier molecular flexibility index (Phi) is 39.9. The second-order valence-electron chi connectivity index (χ2n) is 15.8. The van der Waals surface area contributed by atoms with Crippen molar-refractivity contribution in [1.82, 2.24) is 4.98 Å². The minimum Gasteiger partial charge on any atom is -0.506 e. The van der Waals surface area contributed by atoms with Gasteiger partial charge in [-0.15, -0.1) is 0 Å². The normalized spacial score (nSPS) is 11.0. The molecule has 1 aromatic heterocycles. The van der Waals surface area contributed by atoms with Gasteiger partial charge in [0.25, 0.3) is 0 Å². The molecule has 7 heteroatoms. The molecule has 0 radical (unpaired) electrons. The highest BCUT2D eigenvalue weighted by molar-refractivity contribution is 5.70. The molecule has 1 heterocycles. The minimum atomic E-state index is -0.282. The fourth-order valence-electron chi connectivity index (χ4n) is 6.66. The van der Waals surface area contributed by atoms with E-state index in [9.17, 15) is 14.7 Å². The van der Waals surface area contributed by atoms with Crippen molar-refractivity contribution in [3.05, 3.63) is 23.0 Å². The summed E-state index contributed by atoms with van der Waals surface area (Å²) in [4.78, 5) is 28.1. The number of hydrogen-bond donors (Lipinski definition) is 1. The highest BCUT2D eigenvalue weighted by Crippen LogP contribution is 2.26. The van der Waals surface area contributed by atoms with E-state index >= 15 is 0 Å². The summed E-state index contributed by atoms with van der Waals surface area (Å²) in [7, 11) is 0. The van der Waals surface area contributed by atoms with Gasteiger partial charge in [0.15, 0.2) is 0 Å². The van der Waals surface area contributed by atoms with Crippen LogP contribution in [0.5, 0.6) is 5.75 Å². The van der Waals surface area contributed by atoms with Crippen LogP contribution in [0.1, 0.15) is 250 Å². The van der Waals surface area contributed by atoms with Gasteiger partial charge in [0.2, 0.25) is 0 Å². The van der Waals surface area contributed by atoms with Crippen LogP contribution in [0, 0.1) is 6.92 Å². The van der Waals surface area contributed by atoms with Crippen LogP contribution in [0.2, 0.25) is 0 Å². The maximum Gasteiger partial charge on any atom is 0.306 e. The lowest BCUT2D eigenvalue weighted by molar-refractivity contribution is -0.146. The first-order valence-corrected chi connectivity index (χ1v) is 23.5. The predicted octanol–water partition coefficient (Wildman–Crippen LogP) is 14.7. The Bertz CT molecular complexity index is 977. The smallest absolute Gasteiger partial charge is 0.306 e. The molecule has 0 aromatic carbocycles. The zero-order valence-electron chi connectivity index (χ0n) is 37.0. The van der Waals surface area contributed by atoms with Crippen LogP contribution >= 0.6 is 0 Å². The summed E-state index contributed by atoms with van der Waals surface area (Å²) >= 11 is 0. The lowest BCUT2D eigenvalue weighted by Crippen LogP contribution is -2.10. The summed E-state index contributed by atoms with van der Waals surface area (Å²) < 4.78 is 16.5. The van der Waals surface area contributed by atoms with Crippen LogP contribution < -0.4 is 0 Å². The molecule has 0 bridgehead atoms. The number of aromatic nitrogens is 1. The molecular weight excluding hydrogens is 687 g/mol. The van der Waals surface area contributed by atoms with Crippen LogP contribution in [0.15, 0.2) is 6.20 Å². The fraction of sp³-hybridized carbons (Fsp3) is 0.854. The van der Waals surface area contributed by atoms with Crippen LogP contribution in [0.25, 0.3) is 0 Å². The first-order chi connectivity index (χ1) is 26.9. The Labute approximate surface area is 340 Å². The summed E-state index contributed by atoms with van der Waals surface area (Å²) in [5, 5.41) is 10.4. The Hall–Kier alpha value is -2.15. The van der Waals surface area contributed by atoms with Crippen LogP contribution in [-0.2, 0) is 37.0 Å². The van der Waals surface area contributed by atoms with Gasteiger partial charge in [0.05, 0.1) is 5.69 Å². The van der Waals surface area contributed by atoms with Gasteiger partial charge in [-0.25, -0.2) is 0 Å². The van der Waals surface area contributed by atoms with E-state index in [0.29, 0.717) is 29.7 Å². The van der Waals surface area contributed by atoms with Crippen molar-refractivity contribution in [2.45, 2.75) is 253 Å². The molecule has 0 atom stereocenters. The molecule has 322 valence electrons. The third-order valence-electron chi connectivity index (χ3n) is 10.4. The number of unbranched alkanes of at least 4 members (excludes halogenated alkanes) is 26. The van der Waals surface area contributed by atoms with E-state index in [1.54, 1.807) is 13.1 Å². The van der Waals surface area contributed by atoms with E-state index in [1.165, 1.54) is 148 Å². The second-order valence-corrected chi connectivity index (χ2v) is 15.8. The molecular formula is C48H89NO6. The van der Waals surface area contributed by atoms with Crippen molar-refractivity contribution < 1.29 is 28.9 Å². The van der Waals surface area contributed by atoms with Crippen molar-refractivity contribution in [1.29, 1.82) is 0 Å². The van der Waals surface area contributed by atoms with Crippen molar-refractivity contribution in [2.75, 3.05) is 13.2 Å². The quantitative estimate of drug-likeness (QED) is 0.0528. The highest BCUT2D eigenvalue weighted by Gasteiger charge is 2.16. The van der Waals surface area contributed by atoms with Gasteiger partial charge in [-0.2, -0.15) is 0 Å². The molecule has 1 N–H and O–H groups in total. The topological polar surface area (TPSA) is 95.0 Å². The summed E-state index contributed by atoms with van der Waals surface area (Å²) in [5.41, 5.74) is 1.47. The van der Waals surface area contributed by atoms with E-state index in [1.807, 2.05) is 0 Å². The molecule has 55 heavy (non-hydrogen) atoms. The standard InChI is InChI=1S/C24H39NO5.C24H50O/c1-4-6-8-10-12-14-22(26)29-17-20-16-25-19(3)24(28)21(20)18-30-23(27)15-13-11-9-7-5-2;1-3-5-7-9-11-13-14-15-16-18-20-22-24-25-23-21-19-17-12-10-8-6-4-2/h16,28H,4-15,17-18H2,1-3H3;3-24H2,1-2H3. The number of hydrogen-bond acceptors (Lipinski definition) is 7. The van der Waals surface area contributed by atoms with Gasteiger partial charge in [-0.3, -0.25) is 14.6 Å². The predicted molar refractivity (Wildman–Crippen MR) is 231 cm³/mol. The Morgan fingerprint density at radius 2 is 0.818 bits per heavy atom. The number of carbonyl (C=O) groups excluding carboxylic acids is 2. The number of aryl methyl sites for hydroxylation is 1. The van der Waals surface area contributed by atoms with E-state index in [0.717, 1.165) is 58.2 Å². The van der Waals surface area contributed by atoms with E-state index in [2.05, 4.69) is 32.7 Å². The Morgan fingerprint density at radius 3 is 1.20 bits per heavy atom. The van der Waals surface area contributed by atoms with Crippen LogP contribution in [-0.4, -0.2) is 35.2 Å². The molecule has 0 fully saturated rings. The molecule has 0 unspecified atom stereocenters. The van der Waals surface area contributed by atoms with Gasteiger partial charge >= 0.3 is 11.9 Å². The minimum absolute atomic E-state index is 0.0124. The fourth-order valence-corrected chi connectivity index (χ4v) is 6.66. The highest BCUT2D eigenvalue weighted by atomic mass is 16.5. The summed E-state index contributed by atoms with van der Waals surface area (Å²) in [6.07, 6.45) is 41.1. The zero-order chi connectivity index (χ0) is 40.5. The average molecular weight is 776 g/mol. The number of pyridine rings is 1. The Balaban J connectivity index is 0.00000108. The third-order valence-corrected chi connectivity index (χ3v) is 10.4.